The molecule has 2 heterocycles. The lowest BCUT2D eigenvalue weighted by Gasteiger charge is -2.31. The van der Waals surface area contributed by atoms with Crippen LogP contribution in [0, 0.1) is 5.92 Å². The Balaban J connectivity index is 1.72. The van der Waals surface area contributed by atoms with Gasteiger partial charge in [-0.15, -0.1) is 0 Å². The lowest BCUT2D eigenvalue weighted by molar-refractivity contribution is -0.113. The highest BCUT2D eigenvalue weighted by atomic mass is 32.2. The van der Waals surface area contributed by atoms with E-state index in [4.69, 9.17) is 4.74 Å². The SMILES string of the molecule is COc1ccc(/C=C2/SC(N3CCC[C@H](C)C3)=NC2=O)cc1. The van der Waals surface area contributed by atoms with Gasteiger partial charge in [0.2, 0.25) is 0 Å². The normalized spacial score (nSPS) is 23.8. The van der Waals surface area contributed by atoms with Crippen molar-refractivity contribution < 1.29 is 9.53 Å². The number of carbonyl (C=O) groups excluding carboxylic acids is 1. The maximum absolute atomic E-state index is 12.1. The second-order valence-electron chi connectivity index (χ2n) is 5.78. The highest BCUT2D eigenvalue weighted by Crippen LogP contribution is 2.32. The summed E-state index contributed by atoms with van der Waals surface area (Å²) >= 11 is 1.49. The molecule has 4 nitrogen and oxygen atoms in total. The fraction of sp³-hybridized carbons (Fsp3) is 0.412. The number of aliphatic imine (C=N–C) groups is 1. The Labute approximate surface area is 135 Å². The molecule has 2 aliphatic heterocycles. The highest BCUT2D eigenvalue weighted by molar-refractivity contribution is 8.18. The second kappa shape index (κ2) is 6.57. The van der Waals surface area contributed by atoms with E-state index < -0.39 is 0 Å². The third-order valence-electron chi connectivity index (χ3n) is 3.95. The van der Waals surface area contributed by atoms with Gasteiger partial charge in [0.15, 0.2) is 5.17 Å². The lowest BCUT2D eigenvalue weighted by atomic mass is 10.0. The molecular weight excluding hydrogens is 296 g/mol. The summed E-state index contributed by atoms with van der Waals surface area (Å²) in [5.74, 6) is 1.35. The molecular formula is C17H20N2O2S. The van der Waals surface area contributed by atoms with Crippen molar-refractivity contribution in [1.82, 2.24) is 4.90 Å². The molecule has 1 aromatic rings. The van der Waals surface area contributed by atoms with Gasteiger partial charge in [-0.05, 0) is 54.3 Å². The van der Waals surface area contributed by atoms with Crippen molar-refractivity contribution in [2.24, 2.45) is 10.9 Å². The number of carbonyl (C=O) groups is 1. The van der Waals surface area contributed by atoms with E-state index in [2.05, 4.69) is 16.8 Å². The van der Waals surface area contributed by atoms with Gasteiger partial charge < -0.3 is 9.64 Å². The number of amidine groups is 1. The Kier molecular flexibility index (Phi) is 4.52. The Hall–Kier alpha value is -1.75. The number of nitrogens with zero attached hydrogens (tertiary/aromatic N) is 2. The molecule has 0 unspecified atom stereocenters. The van der Waals surface area contributed by atoms with Crippen molar-refractivity contribution >= 4 is 28.9 Å². The summed E-state index contributed by atoms with van der Waals surface area (Å²) in [7, 11) is 1.64. The van der Waals surface area contributed by atoms with E-state index in [1.54, 1.807) is 7.11 Å². The molecule has 0 N–H and O–H groups in total. The number of hydrogen-bond acceptors (Lipinski definition) is 4. The molecule has 5 heteroatoms. The van der Waals surface area contributed by atoms with Crippen LogP contribution in [0.15, 0.2) is 34.2 Å². The summed E-state index contributed by atoms with van der Waals surface area (Å²) in [6, 6.07) is 7.68. The van der Waals surface area contributed by atoms with E-state index in [1.165, 1.54) is 24.6 Å². The van der Waals surface area contributed by atoms with Gasteiger partial charge in [-0.1, -0.05) is 19.1 Å². The van der Waals surface area contributed by atoms with E-state index >= 15 is 0 Å². The molecule has 0 saturated carbocycles. The second-order valence-corrected chi connectivity index (χ2v) is 6.79. The summed E-state index contributed by atoms with van der Waals surface area (Å²) in [6.45, 7) is 4.25. The first-order valence-electron chi connectivity index (χ1n) is 7.57. The Morgan fingerprint density at radius 3 is 2.82 bits per heavy atom. The molecule has 0 bridgehead atoms. The zero-order valence-electron chi connectivity index (χ0n) is 12.9. The predicted molar refractivity (Wildman–Crippen MR) is 91.0 cm³/mol. The van der Waals surface area contributed by atoms with E-state index in [0.29, 0.717) is 10.8 Å². The first-order valence-corrected chi connectivity index (χ1v) is 8.39. The topological polar surface area (TPSA) is 41.9 Å². The van der Waals surface area contributed by atoms with Gasteiger partial charge in [0.1, 0.15) is 5.75 Å². The summed E-state index contributed by atoms with van der Waals surface area (Å²) in [6.07, 6.45) is 4.33. The van der Waals surface area contributed by atoms with E-state index in [0.717, 1.165) is 29.6 Å². The van der Waals surface area contributed by atoms with Crippen LogP contribution in [0.25, 0.3) is 6.08 Å². The number of amides is 1. The summed E-state index contributed by atoms with van der Waals surface area (Å²) < 4.78 is 5.14. The van der Waals surface area contributed by atoms with Crippen molar-refractivity contribution in [3.63, 3.8) is 0 Å². The molecule has 3 rings (SSSR count). The minimum absolute atomic E-state index is 0.131. The molecule has 1 aromatic carbocycles. The van der Waals surface area contributed by atoms with Crippen molar-refractivity contribution in [3.05, 3.63) is 34.7 Å². The average Bonchev–Trinajstić information content (AvgIpc) is 2.89. The third kappa shape index (κ3) is 3.35. The van der Waals surface area contributed by atoms with Crippen LogP contribution < -0.4 is 4.74 Å². The number of hydrogen-bond donors (Lipinski definition) is 0. The standard InChI is InChI=1S/C17H20N2O2S/c1-12-4-3-9-19(11-12)17-18-16(20)15(22-17)10-13-5-7-14(21-2)8-6-13/h5-8,10,12H,3-4,9,11H2,1-2H3/b15-10+/t12-/m0/s1. The molecule has 1 saturated heterocycles. The van der Waals surface area contributed by atoms with Gasteiger partial charge in [0.25, 0.3) is 5.91 Å². The summed E-state index contributed by atoms with van der Waals surface area (Å²) in [5, 5.41) is 0.858. The van der Waals surface area contributed by atoms with Crippen LogP contribution in [-0.4, -0.2) is 36.2 Å². The predicted octanol–water partition coefficient (Wildman–Crippen LogP) is 3.40. The molecule has 0 aromatic heterocycles. The van der Waals surface area contributed by atoms with Crippen molar-refractivity contribution in [3.8, 4) is 5.75 Å². The maximum atomic E-state index is 12.1. The van der Waals surface area contributed by atoms with Crippen molar-refractivity contribution in [1.29, 1.82) is 0 Å². The Morgan fingerprint density at radius 2 is 2.14 bits per heavy atom. The van der Waals surface area contributed by atoms with E-state index in [9.17, 15) is 4.79 Å². The molecule has 0 spiro atoms. The maximum Gasteiger partial charge on any atom is 0.286 e. The van der Waals surface area contributed by atoms with Crippen LogP contribution in [0.4, 0.5) is 0 Å². The van der Waals surface area contributed by atoms with E-state index in [1.807, 2.05) is 30.3 Å². The first-order chi connectivity index (χ1) is 10.7. The summed E-state index contributed by atoms with van der Waals surface area (Å²) in [5.41, 5.74) is 0.986. The van der Waals surface area contributed by atoms with Gasteiger partial charge in [0.05, 0.1) is 12.0 Å². The number of thioether (sulfide) groups is 1. The molecule has 1 fully saturated rings. The van der Waals surface area contributed by atoms with Crippen LogP contribution in [0.3, 0.4) is 0 Å². The molecule has 1 atom stereocenters. The zero-order chi connectivity index (χ0) is 15.5. The molecule has 0 aliphatic carbocycles. The molecule has 22 heavy (non-hydrogen) atoms. The van der Waals surface area contributed by atoms with Crippen molar-refractivity contribution in [2.45, 2.75) is 19.8 Å². The van der Waals surface area contributed by atoms with Gasteiger partial charge in [-0.3, -0.25) is 4.79 Å². The van der Waals surface area contributed by atoms with Crippen LogP contribution in [0.5, 0.6) is 5.75 Å². The molecule has 1 amide bonds. The Bertz CT molecular complexity index is 622. The lowest BCUT2D eigenvalue weighted by Crippen LogP contribution is -2.37. The van der Waals surface area contributed by atoms with Crippen LogP contribution >= 0.6 is 11.8 Å². The summed E-state index contributed by atoms with van der Waals surface area (Å²) in [4.78, 5) is 19.3. The number of rotatable bonds is 2. The third-order valence-corrected chi connectivity index (χ3v) is 4.99. The Morgan fingerprint density at radius 1 is 1.36 bits per heavy atom. The van der Waals surface area contributed by atoms with Gasteiger partial charge >= 0.3 is 0 Å². The van der Waals surface area contributed by atoms with Gasteiger partial charge in [-0.2, -0.15) is 4.99 Å². The number of likely N-dealkylation sites (tertiary alicyclic amines) is 1. The van der Waals surface area contributed by atoms with Gasteiger partial charge in [0, 0.05) is 13.1 Å². The number of methoxy groups -OCH3 is 1. The van der Waals surface area contributed by atoms with Crippen molar-refractivity contribution in [2.75, 3.05) is 20.2 Å². The number of ether oxygens (including phenoxy) is 1. The monoisotopic (exact) mass is 316 g/mol. The van der Waals surface area contributed by atoms with Crippen LogP contribution in [-0.2, 0) is 4.79 Å². The fourth-order valence-electron chi connectivity index (χ4n) is 2.75. The minimum atomic E-state index is -0.131. The first kappa shape index (κ1) is 15.2. The van der Waals surface area contributed by atoms with E-state index in [-0.39, 0.29) is 5.91 Å². The van der Waals surface area contributed by atoms with Gasteiger partial charge in [-0.25, -0.2) is 0 Å². The average molecular weight is 316 g/mol. The fourth-order valence-corrected chi connectivity index (χ4v) is 3.70. The molecule has 0 radical (unpaired) electrons. The molecule has 2 aliphatic rings. The quantitative estimate of drug-likeness (QED) is 0.784. The smallest absolute Gasteiger partial charge is 0.286 e. The largest absolute Gasteiger partial charge is 0.497 e. The minimum Gasteiger partial charge on any atom is -0.497 e. The zero-order valence-corrected chi connectivity index (χ0v) is 13.7. The number of piperidine rings is 1. The molecule has 116 valence electrons. The van der Waals surface area contributed by atoms with Crippen LogP contribution in [0.1, 0.15) is 25.3 Å². The number of benzene rings is 1. The highest BCUT2D eigenvalue weighted by Gasteiger charge is 2.28. The van der Waals surface area contributed by atoms with Crippen LogP contribution in [0.2, 0.25) is 0 Å².